The van der Waals surface area contributed by atoms with E-state index in [1.54, 1.807) is 7.11 Å². The predicted octanol–water partition coefficient (Wildman–Crippen LogP) is 3.58. The van der Waals surface area contributed by atoms with Crippen molar-refractivity contribution in [2.75, 3.05) is 30.1 Å². The Morgan fingerprint density at radius 1 is 1.04 bits per heavy atom. The average Bonchev–Trinajstić information content (AvgIpc) is 2.64. The molecule has 0 fully saturated rings. The van der Waals surface area contributed by atoms with Gasteiger partial charge in [-0.2, -0.15) is 0 Å². The van der Waals surface area contributed by atoms with Gasteiger partial charge >= 0.3 is 0 Å². The van der Waals surface area contributed by atoms with Gasteiger partial charge in [0, 0.05) is 24.5 Å². The Kier molecular flexibility index (Phi) is 4.47. The van der Waals surface area contributed by atoms with E-state index in [9.17, 15) is 0 Å². The lowest BCUT2D eigenvalue weighted by atomic mass is 10.2. The quantitative estimate of drug-likeness (QED) is 0.748. The van der Waals surface area contributed by atoms with E-state index in [4.69, 9.17) is 10.5 Å². The molecule has 24 heavy (non-hydrogen) atoms. The summed E-state index contributed by atoms with van der Waals surface area (Å²) in [5.41, 5.74) is 8.59. The van der Waals surface area contributed by atoms with Gasteiger partial charge in [0.05, 0.1) is 7.11 Å². The van der Waals surface area contributed by atoms with Crippen LogP contribution in [0.5, 0.6) is 5.75 Å². The van der Waals surface area contributed by atoms with Crippen molar-refractivity contribution in [3.63, 3.8) is 0 Å². The number of nitrogens with one attached hydrogen (secondary N) is 1. The Labute approximate surface area is 140 Å². The third-order valence-electron chi connectivity index (χ3n) is 3.66. The van der Waals surface area contributed by atoms with E-state index in [2.05, 4.69) is 15.3 Å². The molecule has 1 aromatic heterocycles. The molecule has 0 aliphatic rings. The molecule has 6 nitrogen and oxygen atoms in total. The van der Waals surface area contributed by atoms with E-state index < -0.39 is 0 Å². The second kappa shape index (κ2) is 6.87. The van der Waals surface area contributed by atoms with Gasteiger partial charge in [-0.25, -0.2) is 9.97 Å². The minimum atomic E-state index is 0.478. The van der Waals surface area contributed by atoms with Crippen LogP contribution in [0.25, 0.3) is 0 Å². The number of anilines is 5. The fourth-order valence-corrected chi connectivity index (χ4v) is 2.36. The Morgan fingerprint density at radius 3 is 2.58 bits per heavy atom. The molecule has 3 rings (SSSR count). The van der Waals surface area contributed by atoms with Crippen molar-refractivity contribution in [1.29, 1.82) is 0 Å². The maximum absolute atomic E-state index is 6.28. The summed E-state index contributed by atoms with van der Waals surface area (Å²) in [6.45, 7) is 0. The van der Waals surface area contributed by atoms with Gasteiger partial charge in [0.25, 0.3) is 0 Å². The number of rotatable bonds is 5. The summed E-state index contributed by atoms with van der Waals surface area (Å²) in [6, 6.07) is 17.5. The van der Waals surface area contributed by atoms with Gasteiger partial charge in [-0.1, -0.05) is 24.3 Å². The largest absolute Gasteiger partial charge is 0.497 e. The van der Waals surface area contributed by atoms with E-state index in [0.29, 0.717) is 17.3 Å². The first-order chi connectivity index (χ1) is 11.7. The van der Waals surface area contributed by atoms with Crippen LogP contribution in [-0.2, 0) is 0 Å². The molecule has 122 valence electrons. The number of nitrogen functional groups attached to an aromatic ring is 1. The molecule has 0 aliphatic heterocycles. The van der Waals surface area contributed by atoms with Gasteiger partial charge in [0.1, 0.15) is 17.8 Å². The van der Waals surface area contributed by atoms with Crippen LogP contribution in [0.2, 0.25) is 0 Å². The van der Waals surface area contributed by atoms with Gasteiger partial charge in [-0.15, -0.1) is 0 Å². The number of nitrogens with zero attached hydrogens (tertiary/aromatic N) is 3. The van der Waals surface area contributed by atoms with Crippen LogP contribution in [0.15, 0.2) is 60.9 Å². The van der Waals surface area contributed by atoms with E-state index in [0.717, 1.165) is 17.1 Å². The molecule has 0 radical (unpaired) electrons. The first-order valence-corrected chi connectivity index (χ1v) is 7.49. The lowest BCUT2D eigenvalue weighted by Gasteiger charge is -2.21. The molecular formula is C18H19N5O. The molecule has 6 heteroatoms. The fourth-order valence-electron chi connectivity index (χ4n) is 2.36. The lowest BCUT2D eigenvalue weighted by molar-refractivity contribution is 0.415. The molecule has 3 aromatic rings. The number of hydrogen-bond acceptors (Lipinski definition) is 6. The predicted molar refractivity (Wildman–Crippen MR) is 97.2 cm³/mol. The van der Waals surface area contributed by atoms with Crippen LogP contribution in [0.4, 0.5) is 28.7 Å². The summed E-state index contributed by atoms with van der Waals surface area (Å²) in [5.74, 6) is 1.95. The van der Waals surface area contributed by atoms with Gasteiger partial charge in [0.2, 0.25) is 0 Å². The molecule has 0 saturated carbocycles. The van der Waals surface area contributed by atoms with Crippen molar-refractivity contribution < 1.29 is 4.74 Å². The molecule has 0 bridgehead atoms. The number of aromatic nitrogens is 2. The highest BCUT2D eigenvalue weighted by molar-refractivity contribution is 5.81. The van der Waals surface area contributed by atoms with Gasteiger partial charge in [-0.3, -0.25) is 0 Å². The van der Waals surface area contributed by atoms with Crippen molar-refractivity contribution >= 4 is 28.7 Å². The lowest BCUT2D eigenvalue weighted by Crippen LogP contribution is -2.15. The summed E-state index contributed by atoms with van der Waals surface area (Å²) in [4.78, 5) is 10.5. The van der Waals surface area contributed by atoms with Crippen molar-refractivity contribution in [2.45, 2.75) is 0 Å². The zero-order valence-electron chi connectivity index (χ0n) is 13.6. The standard InChI is InChI=1S/C18H19N5O/c1-23(14-8-4-3-5-9-14)18-16(19)17(20-12-21-18)22-13-7-6-10-15(11-13)24-2/h3-12H,19H2,1-2H3,(H,20,21,22). The summed E-state index contributed by atoms with van der Waals surface area (Å²) in [6.07, 6.45) is 1.49. The van der Waals surface area contributed by atoms with E-state index in [1.807, 2.05) is 66.5 Å². The highest BCUT2D eigenvalue weighted by Crippen LogP contribution is 2.32. The molecule has 0 amide bonds. The van der Waals surface area contributed by atoms with Gasteiger partial charge in [0.15, 0.2) is 11.6 Å². The molecule has 0 unspecified atom stereocenters. The van der Waals surface area contributed by atoms with Crippen LogP contribution >= 0.6 is 0 Å². The van der Waals surface area contributed by atoms with Gasteiger partial charge < -0.3 is 20.7 Å². The zero-order valence-corrected chi connectivity index (χ0v) is 13.6. The summed E-state index contributed by atoms with van der Waals surface area (Å²) in [5, 5.41) is 3.21. The molecular weight excluding hydrogens is 302 g/mol. The Morgan fingerprint density at radius 2 is 1.83 bits per heavy atom. The minimum Gasteiger partial charge on any atom is -0.497 e. The number of methoxy groups -OCH3 is 1. The number of para-hydroxylation sites is 1. The second-order valence-electron chi connectivity index (χ2n) is 5.21. The zero-order chi connectivity index (χ0) is 16.9. The normalized spacial score (nSPS) is 10.2. The third-order valence-corrected chi connectivity index (χ3v) is 3.66. The summed E-state index contributed by atoms with van der Waals surface area (Å²) in [7, 11) is 3.55. The Balaban J connectivity index is 1.90. The highest BCUT2D eigenvalue weighted by Gasteiger charge is 2.13. The van der Waals surface area contributed by atoms with E-state index in [-0.39, 0.29) is 0 Å². The van der Waals surface area contributed by atoms with E-state index in [1.165, 1.54) is 6.33 Å². The summed E-state index contributed by atoms with van der Waals surface area (Å²) >= 11 is 0. The Bertz CT molecular complexity index is 823. The smallest absolute Gasteiger partial charge is 0.161 e. The van der Waals surface area contributed by atoms with Crippen molar-refractivity contribution in [3.8, 4) is 5.75 Å². The van der Waals surface area contributed by atoms with Crippen LogP contribution in [0.3, 0.4) is 0 Å². The van der Waals surface area contributed by atoms with E-state index >= 15 is 0 Å². The number of nitrogens with two attached hydrogens (primary N) is 1. The fraction of sp³-hybridized carbons (Fsp3) is 0.111. The van der Waals surface area contributed by atoms with Crippen LogP contribution in [0, 0.1) is 0 Å². The molecule has 0 saturated heterocycles. The van der Waals surface area contributed by atoms with Crippen LogP contribution in [-0.4, -0.2) is 24.1 Å². The molecule has 1 heterocycles. The molecule has 0 spiro atoms. The highest BCUT2D eigenvalue weighted by atomic mass is 16.5. The number of ether oxygens (including phenoxy) is 1. The second-order valence-corrected chi connectivity index (χ2v) is 5.21. The first kappa shape index (κ1) is 15.6. The molecule has 2 aromatic carbocycles. The topological polar surface area (TPSA) is 76.3 Å². The number of hydrogen-bond donors (Lipinski definition) is 2. The van der Waals surface area contributed by atoms with Crippen LogP contribution in [0.1, 0.15) is 0 Å². The summed E-state index contributed by atoms with van der Waals surface area (Å²) < 4.78 is 5.23. The molecule has 3 N–H and O–H groups in total. The maximum atomic E-state index is 6.28. The van der Waals surface area contributed by atoms with Crippen LogP contribution < -0.4 is 20.7 Å². The maximum Gasteiger partial charge on any atom is 0.161 e. The van der Waals surface area contributed by atoms with Crippen molar-refractivity contribution in [3.05, 3.63) is 60.9 Å². The number of benzene rings is 2. The monoisotopic (exact) mass is 321 g/mol. The molecule has 0 aliphatic carbocycles. The SMILES string of the molecule is COc1cccc(Nc2ncnc(N(C)c3ccccc3)c2N)c1. The van der Waals surface area contributed by atoms with Crippen molar-refractivity contribution in [2.24, 2.45) is 0 Å². The minimum absolute atomic E-state index is 0.478. The van der Waals surface area contributed by atoms with Gasteiger partial charge in [-0.05, 0) is 24.3 Å². The third kappa shape index (κ3) is 3.22. The van der Waals surface area contributed by atoms with Crippen molar-refractivity contribution in [1.82, 2.24) is 9.97 Å². The first-order valence-electron chi connectivity index (χ1n) is 7.49. The average molecular weight is 321 g/mol. The molecule has 0 atom stereocenters. The Hall–Kier alpha value is -3.28.